The molecule has 4 nitrogen and oxygen atoms in total. The highest BCUT2D eigenvalue weighted by Gasteiger charge is 2.89. The van der Waals surface area contributed by atoms with E-state index >= 15 is 0 Å². The van der Waals surface area contributed by atoms with Crippen molar-refractivity contribution in [2.75, 3.05) is 0 Å². The molecule has 4 heteroatoms. The van der Waals surface area contributed by atoms with Gasteiger partial charge in [0.25, 0.3) is 0 Å². The molecule has 1 spiro atoms. The van der Waals surface area contributed by atoms with Crippen LogP contribution in [0.4, 0.5) is 0 Å². The van der Waals surface area contributed by atoms with E-state index in [1.54, 1.807) is 0 Å². The molecule has 0 amide bonds. The first kappa shape index (κ1) is 19.6. The maximum absolute atomic E-state index is 2.63. The van der Waals surface area contributed by atoms with E-state index in [0.29, 0.717) is 0 Å². The van der Waals surface area contributed by atoms with Gasteiger partial charge in [0.15, 0.2) is 0 Å². The van der Waals surface area contributed by atoms with E-state index < -0.39 is 5.91 Å². The quantitative estimate of drug-likeness (QED) is 0.287. The van der Waals surface area contributed by atoms with Crippen molar-refractivity contribution in [1.29, 1.82) is 0 Å². The molecule has 0 radical (unpaired) electrons. The fraction of sp³-hybridized carbons (Fsp3) is 0.0270. The summed E-state index contributed by atoms with van der Waals surface area (Å²) in [7, 11) is 0. The molecule has 0 atom stereocenters. The van der Waals surface area contributed by atoms with Gasteiger partial charge in [0.2, 0.25) is 45.6 Å². The lowest BCUT2D eigenvalue weighted by atomic mass is 9.98. The summed E-state index contributed by atoms with van der Waals surface area (Å²) < 4.78 is 10.5. The maximum Gasteiger partial charge on any atom is 0.771 e. The first-order valence-corrected chi connectivity index (χ1v) is 14.3. The third-order valence-electron chi connectivity index (χ3n) is 10.1. The van der Waals surface area contributed by atoms with Crippen LogP contribution in [0.2, 0.25) is 0 Å². The van der Waals surface area contributed by atoms with Crippen molar-refractivity contribution in [3.63, 3.8) is 0 Å². The Morgan fingerprint density at radius 2 is 0.512 bits per heavy atom. The summed E-state index contributed by atoms with van der Waals surface area (Å²) in [5.74, 6) is -0.673. The Kier molecular flexibility index (Phi) is 2.85. The Hall–Kier alpha value is -5.48. The topological polar surface area (TPSA) is 12.0 Å². The molecule has 8 aliphatic heterocycles. The van der Waals surface area contributed by atoms with Gasteiger partial charge in [0, 0.05) is 18.3 Å². The van der Waals surface area contributed by atoms with Crippen LogP contribution in [0.5, 0.6) is 0 Å². The highest BCUT2D eigenvalue weighted by molar-refractivity contribution is 6.25. The summed E-state index contributed by atoms with van der Waals surface area (Å²) in [6, 6.07) is 35.8. The number of fused-ring (bicyclic) bond motifs is 12. The Balaban J connectivity index is 1.37. The van der Waals surface area contributed by atoms with Crippen LogP contribution in [-0.2, 0) is 0 Å². The summed E-state index contributed by atoms with van der Waals surface area (Å²) in [6.07, 6.45) is 9.74. The van der Waals surface area contributed by atoms with Crippen LogP contribution in [0.15, 0.2) is 121 Å². The highest BCUT2D eigenvalue weighted by Crippen LogP contribution is 2.55. The molecule has 8 heterocycles. The van der Waals surface area contributed by atoms with Gasteiger partial charge in [-0.15, -0.1) is 0 Å². The largest absolute Gasteiger partial charge is 0.771 e. The highest BCUT2D eigenvalue weighted by atomic mass is 15.6. The van der Waals surface area contributed by atoms with E-state index in [0.717, 1.165) is 0 Å². The van der Waals surface area contributed by atoms with E-state index in [1.807, 2.05) is 0 Å². The van der Waals surface area contributed by atoms with Crippen molar-refractivity contribution in [1.82, 2.24) is 0 Å². The first-order chi connectivity index (χ1) is 20.4. The molecule has 0 fully saturated rings. The molecule has 0 aromatic heterocycles. The van der Waals surface area contributed by atoms with Crippen LogP contribution in [0.25, 0.3) is 22.8 Å². The Morgan fingerprint density at radius 3 is 0.756 bits per heavy atom. The number of rotatable bonds is 0. The second-order valence-corrected chi connectivity index (χ2v) is 11.8. The molecule has 0 saturated carbocycles. The SMILES string of the molecule is C1=C2c3ccccc3C3=[N+]2C24[N+]5=C1c1ccccc1C5=CC1=[N+]2C(=CC2=[N+]4C(=C3)c3ccccc32)c2ccccc21. The van der Waals surface area contributed by atoms with Crippen molar-refractivity contribution in [3.8, 4) is 0 Å². The Bertz CT molecular complexity index is 2060. The van der Waals surface area contributed by atoms with Gasteiger partial charge >= 0.3 is 5.91 Å². The van der Waals surface area contributed by atoms with E-state index in [-0.39, 0.29) is 0 Å². The minimum absolute atomic E-state index is 0.673. The van der Waals surface area contributed by atoms with Gasteiger partial charge in [0.05, 0.1) is 68.8 Å². The van der Waals surface area contributed by atoms with Crippen LogP contribution in [0.1, 0.15) is 44.5 Å². The number of benzene rings is 4. The summed E-state index contributed by atoms with van der Waals surface area (Å²) in [6.45, 7) is 0. The van der Waals surface area contributed by atoms with Crippen LogP contribution in [-0.4, -0.2) is 47.1 Å². The van der Waals surface area contributed by atoms with Gasteiger partial charge in [-0.05, 0) is 48.5 Å². The molecule has 0 N–H and O–H groups in total. The Labute approximate surface area is 235 Å². The van der Waals surface area contributed by atoms with Crippen molar-refractivity contribution in [2.24, 2.45) is 0 Å². The zero-order valence-corrected chi connectivity index (χ0v) is 21.8. The summed E-state index contributed by atoms with van der Waals surface area (Å²) in [5.41, 5.74) is 20.5. The van der Waals surface area contributed by atoms with E-state index in [4.69, 9.17) is 0 Å². The van der Waals surface area contributed by atoms with Crippen LogP contribution in [0, 0.1) is 0 Å². The molecule has 0 bridgehead atoms. The molecule has 4 aromatic carbocycles. The molecule has 41 heavy (non-hydrogen) atoms. The molecular formula is C37H20N4+4. The fourth-order valence-electron chi connectivity index (χ4n) is 8.75. The second-order valence-electron chi connectivity index (χ2n) is 11.8. The van der Waals surface area contributed by atoms with Crippen LogP contribution >= 0.6 is 0 Å². The molecule has 0 saturated heterocycles. The van der Waals surface area contributed by atoms with Crippen molar-refractivity contribution < 1.29 is 18.3 Å². The van der Waals surface area contributed by atoms with E-state index in [9.17, 15) is 0 Å². The average molecular weight is 521 g/mol. The van der Waals surface area contributed by atoms with Gasteiger partial charge in [-0.1, -0.05) is 48.5 Å². The number of hydrogen-bond acceptors (Lipinski definition) is 0. The van der Waals surface area contributed by atoms with Gasteiger partial charge in [-0.2, -0.15) is 0 Å². The first-order valence-electron chi connectivity index (χ1n) is 14.3. The smallest absolute Gasteiger partial charge is 0.0614 e. The monoisotopic (exact) mass is 520 g/mol. The molecule has 0 unspecified atom stereocenters. The zero-order chi connectivity index (χ0) is 26.2. The minimum Gasteiger partial charge on any atom is -0.0614 e. The van der Waals surface area contributed by atoms with E-state index in [2.05, 4.69) is 140 Å². The lowest BCUT2D eigenvalue weighted by molar-refractivity contribution is -1.08. The third-order valence-corrected chi connectivity index (χ3v) is 10.1. The minimum atomic E-state index is -0.673. The lowest BCUT2D eigenvalue weighted by Gasteiger charge is -2.27. The number of allylic oxidation sites excluding steroid dienone is 4. The molecule has 12 rings (SSSR count). The molecule has 4 aromatic rings. The van der Waals surface area contributed by atoms with Crippen molar-refractivity contribution in [2.45, 2.75) is 5.91 Å². The number of nitrogens with zero attached hydrogens (tertiary/aromatic N) is 4. The molecule has 0 aliphatic carbocycles. The van der Waals surface area contributed by atoms with Crippen LogP contribution < -0.4 is 0 Å². The fourth-order valence-corrected chi connectivity index (χ4v) is 8.75. The van der Waals surface area contributed by atoms with E-state index in [1.165, 1.54) is 90.1 Å². The second kappa shape index (κ2) is 5.98. The summed E-state index contributed by atoms with van der Waals surface area (Å²) >= 11 is 0. The maximum atomic E-state index is 2.63. The van der Waals surface area contributed by atoms with Crippen molar-refractivity contribution >= 4 is 45.6 Å². The predicted molar refractivity (Wildman–Crippen MR) is 158 cm³/mol. The Morgan fingerprint density at radius 1 is 0.293 bits per heavy atom. The third kappa shape index (κ3) is 1.80. The molecule has 184 valence electrons. The standard InChI is InChI=1S/C37H20N4/c1-2-10-22-21(9-1)29-17-31-23-11-3-4-12-24(23)33-19-35-27-15-7-8-16-28(27)36-20-34-26-14-6-5-13-25(26)32-18-30(22)38(29)37(39(31)33,40(32)34)41(35)36/h1-20H/q+4. The van der Waals surface area contributed by atoms with Gasteiger partial charge in [-0.3, -0.25) is 0 Å². The lowest BCUT2D eigenvalue weighted by Crippen LogP contribution is -2.71. The van der Waals surface area contributed by atoms with Crippen LogP contribution in [0.3, 0.4) is 0 Å². The molecule has 8 aliphatic rings. The van der Waals surface area contributed by atoms with Crippen molar-refractivity contribution in [3.05, 3.63) is 166 Å². The molecular weight excluding hydrogens is 500 g/mol. The van der Waals surface area contributed by atoms with Gasteiger partial charge < -0.3 is 0 Å². The van der Waals surface area contributed by atoms with Gasteiger partial charge in [0.1, 0.15) is 0 Å². The summed E-state index contributed by atoms with van der Waals surface area (Å²) in [5, 5.41) is 0. The normalized spacial score (nSPS) is 21.1. The predicted octanol–water partition coefficient (Wildman–Crippen LogP) is 5.08. The average Bonchev–Trinajstić information content (AvgIpc) is 3.74. The number of hydrogen-bond donors (Lipinski definition) is 0. The summed E-state index contributed by atoms with van der Waals surface area (Å²) in [4.78, 5) is 0. The zero-order valence-electron chi connectivity index (χ0n) is 21.8. The van der Waals surface area contributed by atoms with Gasteiger partial charge in [-0.25, -0.2) is 0 Å².